The van der Waals surface area contributed by atoms with Crippen molar-refractivity contribution in [2.75, 3.05) is 13.2 Å². The summed E-state index contributed by atoms with van der Waals surface area (Å²) in [7, 11) is 0. The van der Waals surface area contributed by atoms with E-state index in [0.717, 1.165) is 6.07 Å². The molecule has 0 fully saturated rings. The Labute approximate surface area is 87.9 Å². The van der Waals surface area contributed by atoms with Gasteiger partial charge in [-0.05, 0) is 12.5 Å². The van der Waals surface area contributed by atoms with Gasteiger partial charge in [-0.3, -0.25) is 0 Å². The van der Waals surface area contributed by atoms with Gasteiger partial charge in [0.1, 0.15) is 11.6 Å². The summed E-state index contributed by atoms with van der Waals surface area (Å²) in [5.74, 6) is -1.12. The molecule has 0 aliphatic rings. The number of nitrogens with one attached hydrogen (secondary N) is 1. The third kappa shape index (κ3) is 3.25. The zero-order valence-corrected chi connectivity index (χ0v) is 8.63. The van der Waals surface area contributed by atoms with Crippen LogP contribution in [0.2, 0.25) is 0 Å². The van der Waals surface area contributed by atoms with Gasteiger partial charge >= 0.3 is 0 Å². The molecule has 2 nitrogen and oxygen atoms in total. The number of rotatable bonds is 5. The molecule has 0 aromatic heterocycles. The van der Waals surface area contributed by atoms with Crippen molar-refractivity contribution in [3.63, 3.8) is 0 Å². The summed E-state index contributed by atoms with van der Waals surface area (Å²) < 4.78 is 26.0. The minimum absolute atomic E-state index is 0.000681. The highest BCUT2D eigenvalue weighted by Gasteiger charge is 2.13. The quantitative estimate of drug-likeness (QED) is 0.787. The predicted octanol–water partition coefficient (Wildman–Crippen LogP) is 2.00. The summed E-state index contributed by atoms with van der Waals surface area (Å²) in [5.41, 5.74) is 0.437. The van der Waals surface area contributed by atoms with Crippen molar-refractivity contribution < 1.29 is 13.9 Å². The molecule has 1 aromatic carbocycles. The van der Waals surface area contributed by atoms with Gasteiger partial charge in [-0.25, -0.2) is 8.78 Å². The van der Waals surface area contributed by atoms with Gasteiger partial charge in [-0.1, -0.05) is 13.0 Å². The Kier molecular flexibility index (Phi) is 4.65. The van der Waals surface area contributed by atoms with Crippen LogP contribution in [-0.2, 0) is 0 Å². The van der Waals surface area contributed by atoms with Gasteiger partial charge in [0.25, 0.3) is 0 Å². The minimum Gasteiger partial charge on any atom is -0.395 e. The van der Waals surface area contributed by atoms with Crippen molar-refractivity contribution in [3.8, 4) is 0 Å². The van der Waals surface area contributed by atoms with E-state index in [9.17, 15) is 8.78 Å². The molecule has 0 saturated heterocycles. The first-order valence-electron chi connectivity index (χ1n) is 4.98. The lowest BCUT2D eigenvalue weighted by Crippen LogP contribution is -2.24. The van der Waals surface area contributed by atoms with Crippen LogP contribution in [0.15, 0.2) is 18.2 Å². The Bertz CT molecular complexity index is 317. The molecule has 0 spiro atoms. The van der Waals surface area contributed by atoms with E-state index in [1.807, 2.05) is 6.92 Å². The van der Waals surface area contributed by atoms with Crippen molar-refractivity contribution in [2.45, 2.75) is 19.4 Å². The Balaban J connectivity index is 2.81. The molecule has 0 saturated carbocycles. The molecule has 84 valence electrons. The standard InChI is InChI=1S/C11H15F2NO/c1-2-11(14-5-6-15)9-4-3-8(12)7-10(9)13/h3-4,7,11,14-15H,2,5-6H2,1H3. The molecule has 0 radical (unpaired) electrons. The van der Waals surface area contributed by atoms with E-state index in [-0.39, 0.29) is 12.6 Å². The van der Waals surface area contributed by atoms with Crippen LogP contribution in [0.1, 0.15) is 24.9 Å². The Morgan fingerprint density at radius 3 is 2.67 bits per heavy atom. The molecule has 0 aliphatic heterocycles. The maximum atomic E-state index is 13.4. The molecule has 1 rings (SSSR count). The summed E-state index contributed by atoms with van der Waals surface area (Å²) in [4.78, 5) is 0. The molecule has 1 atom stereocenters. The molecule has 1 unspecified atom stereocenters. The van der Waals surface area contributed by atoms with Crippen LogP contribution in [0.25, 0.3) is 0 Å². The van der Waals surface area contributed by atoms with Gasteiger partial charge < -0.3 is 10.4 Å². The van der Waals surface area contributed by atoms with Crippen molar-refractivity contribution in [3.05, 3.63) is 35.4 Å². The van der Waals surface area contributed by atoms with E-state index in [4.69, 9.17) is 5.11 Å². The largest absolute Gasteiger partial charge is 0.395 e. The fraction of sp³-hybridized carbons (Fsp3) is 0.455. The highest BCUT2D eigenvalue weighted by Crippen LogP contribution is 2.20. The van der Waals surface area contributed by atoms with Gasteiger partial charge in [-0.2, -0.15) is 0 Å². The lowest BCUT2D eigenvalue weighted by Gasteiger charge is -2.17. The Hall–Kier alpha value is -1.00. The average Bonchev–Trinajstić information content (AvgIpc) is 2.21. The molecule has 0 bridgehead atoms. The maximum absolute atomic E-state index is 13.4. The number of hydrogen-bond donors (Lipinski definition) is 2. The van der Waals surface area contributed by atoms with Gasteiger partial charge in [0.05, 0.1) is 6.61 Å². The lowest BCUT2D eigenvalue weighted by molar-refractivity contribution is 0.282. The maximum Gasteiger partial charge on any atom is 0.130 e. The Morgan fingerprint density at radius 1 is 1.40 bits per heavy atom. The highest BCUT2D eigenvalue weighted by molar-refractivity contribution is 5.22. The Morgan fingerprint density at radius 2 is 2.13 bits per heavy atom. The van der Waals surface area contributed by atoms with Crippen LogP contribution in [0.3, 0.4) is 0 Å². The summed E-state index contributed by atoms with van der Waals surface area (Å²) in [5, 5.41) is 11.6. The van der Waals surface area contributed by atoms with E-state index in [0.29, 0.717) is 18.5 Å². The second-order valence-electron chi connectivity index (χ2n) is 3.30. The average molecular weight is 215 g/mol. The van der Waals surface area contributed by atoms with Crippen molar-refractivity contribution >= 4 is 0 Å². The molecular formula is C11H15F2NO. The first-order chi connectivity index (χ1) is 7.19. The van der Waals surface area contributed by atoms with Crippen molar-refractivity contribution in [2.24, 2.45) is 0 Å². The molecule has 15 heavy (non-hydrogen) atoms. The van der Waals surface area contributed by atoms with Gasteiger partial charge in [-0.15, -0.1) is 0 Å². The summed E-state index contributed by atoms with van der Waals surface area (Å²) in [6.45, 7) is 2.30. The number of aliphatic hydroxyl groups excluding tert-OH is 1. The summed E-state index contributed by atoms with van der Waals surface area (Å²) in [6.07, 6.45) is 0.683. The third-order valence-corrected chi connectivity index (χ3v) is 2.25. The second kappa shape index (κ2) is 5.78. The van der Waals surface area contributed by atoms with Gasteiger partial charge in [0, 0.05) is 24.2 Å². The van der Waals surface area contributed by atoms with E-state index >= 15 is 0 Å². The van der Waals surface area contributed by atoms with E-state index in [1.54, 1.807) is 0 Å². The summed E-state index contributed by atoms with van der Waals surface area (Å²) >= 11 is 0. The van der Waals surface area contributed by atoms with E-state index in [2.05, 4.69) is 5.32 Å². The van der Waals surface area contributed by atoms with Crippen molar-refractivity contribution in [1.82, 2.24) is 5.32 Å². The molecule has 2 N–H and O–H groups in total. The molecule has 0 aliphatic carbocycles. The second-order valence-corrected chi connectivity index (χ2v) is 3.30. The van der Waals surface area contributed by atoms with Crippen molar-refractivity contribution in [1.29, 1.82) is 0 Å². The SMILES string of the molecule is CCC(NCCO)c1ccc(F)cc1F. The molecular weight excluding hydrogens is 200 g/mol. The molecule has 0 heterocycles. The van der Waals surface area contributed by atoms with Crippen LogP contribution in [0, 0.1) is 11.6 Å². The number of halogens is 2. The highest BCUT2D eigenvalue weighted by atomic mass is 19.1. The topological polar surface area (TPSA) is 32.3 Å². The van der Waals surface area contributed by atoms with E-state index in [1.165, 1.54) is 12.1 Å². The van der Waals surface area contributed by atoms with Crippen LogP contribution in [0.5, 0.6) is 0 Å². The first-order valence-corrected chi connectivity index (χ1v) is 4.98. The fourth-order valence-corrected chi connectivity index (χ4v) is 1.50. The molecule has 0 amide bonds. The molecule has 1 aromatic rings. The predicted molar refractivity (Wildman–Crippen MR) is 54.5 cm³/mol. The number of aliphatic hydroxyl groups is 1. The normalized spacial score (nSPS) is 12.8. The van der Waals surface area contributed by atoms with Crippen LogP contribution < -0.4 is 5.32 Å². The zero-order valence-electron chi connectivity index (χ0n) is 8.63. The monoisotopic (exact) mass is 215 g/mol. The van der Waals surface area contributed by atoms with Gasteiger partial charge in [0.2, 0.25) is 0 Å². The lowest BCUT2D eigenvalue weighted by atomic mass is 10.0. The zero-order chi connectivity index (χ0) is 11.3. The van der Waals surface area contributed by atoms with E-state index < -0.39 is 11.6 Å². The molecule has 4 heteroatoms. The smallest absolute Gasteiger partial charge is 0.130 e. The van der Waals surface area contributed by atoms with Crippen LogP contribution in [-0.4, -0.2) is 18.3 Å². The van der Waals surface area contributed by atoms with Crippen LogP contribution in [0.4, 0.5) is 8.78 Å². The summed E-state index contributed by atoms with van der Waals surface area (Å²) in [6, 6.07) is 3.36. The third-order valence-electron chi connectivity index (χ3n) is 2.25. The minimum atomic E-state index is -0.576. The first kappa shape index (κ1) is 12.1. The van der Waals surface area contributed by atoms with Gasteiger partial charge in [0.15, 0.2) is 0 Å². The number of benzene rings is 1. The van der Waals surface area contributed by atoms with Crippen LogP contribution >= 0.6 is 0 Å². The fourth-order valence-electron chi connectivity index (χ4n) is 1.50. The number of hydrogen-bond acceptors (Lipinski definition) is 2.